The topological polar surface area (TPSA) is 244 Å². The number of anilines is 2. The number of nitrogens with one attached hydrogen (secondary N) is 2. The lowest BCUT2D eigenvalue weighted by atomic mass is 10.1. The molecule has 6 unspecified atom stereocenters. The predicted octanol–water partition coefficient (Wildman–Crippen LogP) is -0.279. The molecule has 45 heavy (non-hydrogen) atoms. The van der Waals surface area contributed by atoms with Gasteiger partial charge in [-0.15, -0.1) is 0 Å². The molecule has 7 rings (SSSR count). The van der Waals surface area contributed by atoms with E-state index in [2.05, 4.69) is 52.3 Å². The number of aromatic nitrogens is 8. The lowest BCUT2D eigenvalue weighted by Gasteiger charge is -2.31. The molecule has 0 spiro atoms. The van der Waals surface area contributed by atoms with Crippen molar-refractivity contribution in [3.05, 3.63) is 25.3 Å². The minimum absolute atomic E-state index is 0.104. The van der Waals surface area contributed by atoms with Gasteiger partial charge in [-0.3, -0.25) is 23.4 Å². The van der Waals surface area contributed by atoms with Crippen molar-refractivity contribution in [2.24, 2.45) is 0 Å². The summed E-state index contributed by atoms with van der Waals surface area (Å²) in [7, 11) is -0.848. The first-order chi connectivity index (χ1) is 21.5. The highest BCUT2D eigenvalue weighted by Crippen LogP contribution is 2.54. The second kappa shape index (κ2) is 11.5. The Morgan fingerprint density at radius 3 is 2.09 bits per heavy atom. The summed E-state index contributed by atoms with van der Waals surface area (Å²) in [6, 6.07) is 0. The fourth-order valence-electron chi connectivity index (χ4n) is 5.73. The molecule has 0 aliphatic carbocycles. The molecule has 19 nitrogen and oxygen atoms in total. The molecule has 7 heterocycles. The van der Waals surface area contributed by atoms with Crippen molar-refractivity contribution in [1.82, 2.24) is 49.2 Å². The first-order valence-corrected chi connectivity index (χ1v) is 18.4. The molecule has 24 heteroatoms. The van der Waals surface area contributed by atoms with E-state index in [0.717, 1.165) is 0 Å². The number of hydrogen-bond donors (Lipinski definition) is 5. The lowest BCUT2D eigenvalue weighted by Crippen LogP contribution is -2.43. The van der Waals surface area contributed by atoms with Crippen LogP contribution in [0.1, 0.15) is 12.5 Å². The maximum absolute atomic E-state index is 16.1. The van der Waals surface area contributed by atoms with Crippen LogP contribution in [0.5, 0.6) is 0 Å². The van der Waals surface area contributed by atoms with Crippen LogP contribution in [0.3, 0.4) is 0 Å². The minimum atomic E-state index is -4.02. The SMILES string of the molecule is BP1(=O)NC[C@H]2O[C@@H](n3cnc4c(N)ncnc43)C(F)C2OP(=O)(S)NC[C@H]2O[C@@H](n3cnc4c(N)ncnc43)C(OC)C2O1. The van der Waals surface area contributed by atoms with E-state index in [1.165, 1.54) is 44.6 Å². The number of imidazole rings is 2. The quantitative estimate of drug-likeness (QED) is 0.106. The second-order valence-corrected chi connectivity index (χ2v) is 16.0. The monoisotopic (exact) mass is 684 g/mol. The number of nitrogens with two attached hydrogens (primary N) is 2. The van der Waals surface area contributed by atoms with Gasteiger partial charge in [-0.25, -0.2) is 39.4 Å². The largest absolute Gasteiger partial charge is 0.382 e. The average molecular weight is 684 g/mol. The number of thiol groups is 1. The molecule has 0 amide bonds. The van der Waals surface area contributed by atoms with Crippen molar-refractivity contribution in [2.45, 2.75) is 49.1 Å². The molecular formula is C21H28BFN12O7P2S. The molecule has 6 N–H and O–H groups in total. The summed E-state index contributed by atoms with van der Waals surface area (Å²) in [5.74, 6) is 0.276. The van der Waals surface area contributed by atoms with E-state index in [-0.39, 0.29) is 35.9 Å². The lowest BCUT2D eigenvalue weighted by molar-refractivity contribution is -0.0478. The van der Waals surface area contributed by atoms with Crippen LogP contribution in [0.2, 0.25) is 0 Å². The number of nitrogen functional groups attached to an aromatic ring is 2. The number of ether oxygens (including phenoxy) is 3. The molecule has 240 valence electrons. The van der Waals surface area contributed by atoms with Crippen molar-refractivity contribution in [3.8, 4) is 0 Å². The van der Waals surface area contributed by atoms with Gasteiger partial charge >= 0.3 is 6.72 Å². The standard InChI is InChI=1S/C21H28BFN12O7P2S/c1-38-15-14-9(40-21(15)35-7-31-12-17(25)27-5-29-19(12)35)3-33-44(37,45)42-13-8(2-32-43(22,36)41-14)39-20(10(13)23)34-6-30-11-16(24)26-4-28-18(11)34/h4-10,13-15,20-21H,2-3,22H2,1H3,(H,32,36)(H2,24,26,28)(H2,25,27,29)(H2,33,37,45)/t8-,9-,10?,13?,14?,15?,20-,21-,43?,44?/m1/s1. The van der Waals surface area contributed by atoms with Crippen molar-refractivity contribution >= 4 is 67.9 Å². The summed E-state index contributed by atoms with van der Waals surface area (Å²) in [6.45, 7) is -4.40. The zero-order valence-corrected chi connectivity index (χ0v) is 26.3. The number of fused-ring (bicyclic) bond motifs is 4. The summed E-state index contributed by atoms with van der Waals surface area (Å²) in [5, 5.41) is 5.57. The summed E-state index contributed by atoms with van der Waals surface area (Å²) in [6.07, 6.45) is -4.02. The van der Waals surface area contributed by atoms with E-state index in [1.54, 1.807) is 4.57 Å². The Morgan fingerprint density at radius 1 is 0.911 bits per heavy atom. The van der Waals surface area contributed by atoms with Crippen LogP contribution in [0, 0.1) is 0 Å². The fraction of sp³-hybridized carbons (Fsp3) is 0.524. The maximum atomic E-state index is 16.1. The average Bonchev–Trinajstić information content (AvgIpc) is 3.75. The first kappa shape index (κ1) is 30.9. The number of halogens is 1. The Morgan fingerprint density at radius 2 is 1.47 bits per heavy atom. The fourth-order valence-corrected chi connectivity index (χ4v) is 8.67. The van der Waals surface area contributed by atoms with Gasteiger partial charge in [0.1, 0.15) is 54.2 Å². The molecule has 0 aromatic carbocycles. The third kappa shape index (κ3) is 5.52. The van der Waals surface area contributed by atoms with Crippen LogP contribution in [0.15, 0.2) is 25.3 Å². The van der Waals surface area contributed by atoms with Gasteiger partial charge in [-0.1, -0.05) is 12.2 Å². The zero-order chi connectivity index (χ0) is 31.7. The predicted molar refractivity (Wildman–Crippen MR) is 161 cm³/mol. The van der Waals surface area contributed by atoms with E-state index in [4.69, 9.17) is 34.7 Å². The number of nitrogens with zero attached hydrogens (tertiary/aromatic N) is 8. The van der Waals surface area contributed by atoms with Gasteiger partial charge in [0.05, 0.1) is 12.7 Å². The summed E-state index contributed by atoms with van der Waals surface area (Å²) >= 11 is 4.22. The van der Waals surface area contributed by atoms with Crippen molar-refractivity contribution in [2.75, 3.05) is 31.7 Å². The summed E-state index contributed by atoms with van der Waals surface area (Å²) < 4.78 is 76.4. The van der Waals surface area contributed by atoms with Crippen LogP contribution in [0.4, 0.5) is 16.0 Å². The molecule has 3 saturated heterocycles. The van der Waals surface area contributed by atoms with Gasteiger partial charge in [0, 0.05) is 20.2 Å². The molecule has 3 aliphatic heterocycles. The molecule has 3 aliphatic rings. The number of methoxy groups -OCH3 is 1. The Balaban J connectivity index is 1.18. The van der Waals surface area contributed by atoms with E-state index < -0.39 is 63.3 Å². The molecule has 10 atom stereocenters. The summed E-state index contributed by atoms with van der Waals surface area (Å²) in [5.41, 5.74) is 13.0. The Labute approximate surface area is 259 Å². The zero-order valence-electron chi connectivity index (χ0n) is 23.7. The van der Waals surface area contributed by atoms with Gasteiger partial charge in [-0.2, -0.15) is 0 Å². The molecule has 0 bridgehead atoms. The normalized spacial score (nSPS) is 37.7. The molecule has 3 fully saturated rings. The smallest absolute Gasteiger partial charge is 0.324 e. The molecule has 4 aromatic heterocycles. The van der Waals surface area contributed by atoms with Gasteiger partial charge in [-0.05, 0) is 0 Å². The van der Waals surface area contributed by atoms with Gasteiger partial charge in [0.25, 0.3) is 0 Å². The van der Waals surface area contributed by atoms with Crippen LogP contribution in [-0.4, -0.2) is 103 Å². The Bertz CT molecular complexity index is 1860. The second-order valence-electron chi connectivity index (χ2n) is 10.7. The van der Waals surface area contributed by atoms with Crippen LogP contribution >= 0.6 is 26.4 Å². The minimum Gasteiger partial charge on any atom is -0.382 e. The van der Waals surface area contributed by atoms with E-state index in [0.29, 0.717) is 11.2 Å². The van der Waals surface area contributed by atoms with Crippen molar-refractivity contribution in [1.29, 1.82) is 0 Å². The van der Waals surface area contributed by atoms with Crippen LogP contribution < -0.4 is 21.6 Å². The van der Waals surface area contributed by atoms with Gasteiger partial charge in [0.15, 0.2) is 41.6 Å². The Kier molecular flexibility index (Phi) is 7.87. The Hall–Kier alpha value is -2.78. The number of rotatable bonds is 3. The highest BCUT2D eigenvalue weighted by atomic mass is 32.7. The molecule has 4 aromatic rings. The van der Waals surface area contributed by atoms with Gasteiger partial charge < -0.3 is 34.7 Å². The van der Waals surface area contributed by atoms with Crippen molar-refractivity contribution < 1.29 is 36.8 Å². The van der Waals surface area contributed by atoms with Gasteiger partial charge in [0.2, 0.25) is 15.0 Å². The van der Waals surface area contributed by atoms with E-state index >= 15 is 4.39 Å². The third-order valence-corrected chi connectivity index (χ3v) is 11.0. The maximum Gasteiger partial charge on any atom is 0.324 e. The number of alkyl halides is 1. The highest BCUT2D eigenvalue weighted by molar-refractivity contribution is 8.45. The number of hydrogen-bond acceptors (Lipinski definition) is 15. The third-order valence-electron chi connectivity index (χ3n) is 7.81. The van der Waals surface area contributed by atoms with E-state index in [9.17, 15) is 9.13 Å². The highest BCUT2D eigenvalue weighted by Gasteiger charge is 2.53. The van der Waals surface area contributed by atoms with Crippen LogP contribution in [0.25, 0.3) is 22.3 Å². The molecular weight excluding hydrogens is 656 g/mol. The van der Waals surface area contributed by atoms with Crippen molar-refractivity contribution in [3.63, 3.8) is 0 Å². The summed E-state index contributed by atoms with van der Waals surface area (Å²) in [4.78, 5) is 24.7. The molecule has 0 radical (unpaired) electrons. The first-order valence-electron chi connectivity index (χ1n) is 13.6. The molecule has 0 saturated carbocycles. The van der Waals surface area contributed by atoms with Crippen LogP contribution in [-0.2, 0) is 32.4 Å². The van der Waals surface area contributed by atoms with E-state index in [1.807, 2.05) is 0 Å².